The molecule has 2 saturated heterocycles. The van der Waals surface area contributed by atoms with E-state index in [0.717, 1.165) is 32.1 Å². The molecule has 6 rings (SSSR count). The van der Waals surface area contributed by atoms with E-state index in [2.05, 4.69) is 34.6 Å². The Morgan fingerprint density at radius 3 is 1.98 bits per heavy atom. The Balaban J connectivity index is 1.08. The van der Waals surface area contributed by atoms with E-state index in [0.29, 0.717) is 31.1 Å². The third kappa shape index (κ3) is 7.48. The SMILES string of the molecule is CC(C)[C@@H](C)[C@@H](O)[C@H](O)[C@@H](C)C1CCC2C3CC(=O)[C@H]4C[C@@H](O[C@@H]5O[C@H](CO[C@@H]6O[C@H](CO)[C@@H](O)[C@H](O)[C@H]6O)[C@@H](O)[C@H](O)[C@H]5O)CC[C@]4(C)C3CC[C@@]21C. The molecule has 0 radical (unpaired) electrons. The molecule has 4 aliphatic carbocycles. The maximum atomic E-state index is 14.2. The van der Waals surface area contributed by atoms with E-state index in [1.807, 2.05) is 6.92 Å². The van der Waals surface area contributed by atoms with Crippen LogP contribution in [-0.4, -0.2) is 145 Å². The van der Waals surface area contributed by atoms with E-state index < -0.39 is 92.9 Å². The lowest BCUT2D eigenvalue weighted by Gasteiger charge is -2.60. The quantitative estimate of drug-likeness (QED) is 0.130. The predicted octanol–water partition coefficient (Wildman–Crippen LogP) is 0.484. The van der Waals surface area contributed by atoms with Gasteiger partial charge in [-0.15, -0.1) is 0 Å². The van der Waals surface area contributed by atoms with Crippen LogP contribution in [0.5, 0.6) is 0 Å². The summed E-state index contributed by atoms with van der Waals surface area (Å²) in [7, 11) is 0. The number of carbonyl (C=O) groups is 1. The first-order chi connectivity index (χ1) is 25.3. The van der Waals surface area contributed by atoms with E-state index in [4.69, 9.17) is 18.9 Å². The highest BCUT2D eigenvalue weighted by Gasteiger charge is 2.63. The predicted molar refractivity (Wildman–Crippen MR) is 192 cm³/mol. The maximum Gasteiger partial charge on any atom is 0.186 e. The van der Waals surface area contributed by atoms with E-state index in [-0.39, 0.29) is 52.1 Å². The lowest BCUT2D eigenvalue weighted by molar-refractivity contribution is -0.337. The summed E-state index contributed by atoms with van der Waals surface area (Å²) in [6.07, 6.45) is -10.7. The topological polar surface area (TPSA) is 236 Å². The van der Waals surface area contributed by atoms with Gasteiger partial charge in [0.2, 0.25) is 0 Å². The van der Waals surface area contributed by atoms with Gasteiger partial charge >= 0.3 is 0 Å². The molecule has 2 aliphatic heterocycles. The summed E-state index contributed by atoms with van der Waals surface area (Å²) in [4.78, 5) is 14.2. The summed E-state index contributed by atoms with van der Waals surface area (Å²) in [6.45, 7) is 11.8. The molecule has 0 amide bonds. The van der Waals surface area contributed by atoms with Crippen molar-refractivity contribution in [1.82, 2.24) is 0 Å². The Morgan fingerprint density at radius 1 is 0.741 bits per heavy atom. The molecule has 4 saturated carbocycles. The summed E-state index contributed by atoms with van der Waals surface area (Å²) in [5.74, 6) is 1.42. The van der Waals surface area contributed by atoms with Crippen molar-refractivity contribution >= 4 is 5.78 Å². The summed E-state index contributed by atoms with van der Waals surface area (Å²) in [5.41, 5.74) is -0.244. The van der Waals surface area contributed by atoms with Gasteiger partial charge in [0.1, 0.15) is 54.6 Å². The molecule has 54 heavy (non-hydrogen) atoms. The van der Waals surface area contributed by atoms with Crippen molar-refractivity contribution in [3.05, 3.63) is 0 Å². The third-order valence-corrected chi connectivity index (χ3v) is 15.9. The Bertz CT molecular complexity index is 1280. The van der Waals surface area contributed by atoms with Gasteiger partial charge in [-0.25, -0.2) is 0 Å². The first-order valence-electron chi connectivity index (χ1n) is 20.5. The molecule has 22 atom stereocenters. The highest BCUT2D eigenvalue weighted by molar-refractivity contribution is 5.83. The number of Topliss-reactive ketones (excluding diaryl/α,β-unsaturated/α-hetero) is 1. The molecule has 0 spiro atoms. The van der Waals surface area contributed by atoms with Crippen LogP contribution >= 0.6 is 0 Å². The average molecular weight is 773 g/mol. The van der Waals surface area contributed by atoms with Crippen molar-refractivity contribution in [3.63, 3.8) is 0 Å². The fourth-order valence-electron chi connectivity index (χ4n) is 12.0. The normalized spacial score (nSPS) is 50.5. The standard InChI is InChI=1S/C40H68O14/c1-17(2)18(3)29(43)30(44)19(4)22-7-8-23-21-14-26(42)25-13-20(9-11-40(25,6)24(21)10-12-39(22,23)5)52-38-36(50)34(48)32(46)28(54-38)16-51-37-35(49)33(47)31(45)27(15-41)53-37/h17-25,27-38,41,43-50H,7-16H2,1-6H3/t18-,19+,20+,21?,22?,23?,24?,25-,27-,28-,29-,30-,31-,32-,33+,34+,35-,36-,37-,38-,39-,40-/m1/s1. The molecule has 4 unspecified atom stereocenters. The number of rotatable bonds is 11. The van der Waals surface area contributed by atoms with Gasteiger partial charge < -0.3 is 64.9 Å². The smallest absolute Gasteiger partial charge is 0.186 e. The Morgan fingerprint density at radius 2 is 1.33 bits per heavy atom. The molecule has 0 aromatic carbocycles. The van der Waals surface area contributed by atoms with Gasteiger partial charge in [0.15, 0.2) is 12.6 Å². The van der Waals surface area contributed by atoms with Crippen LogP contribution in [0.2, 0.25) is 0 Å². The number of ketones is 1. The number of aliphatic hydroxyl groups is 9. The van der Waals surface area contributed by atoms with Crippen molar-refractivity contribution in [2.45, 2.75) is 173 Å². The van der Waals surface area contributed by atoms with Gasteiger partial charge in [0.25, 0.3) is 0 Å². The van der Waals surface area contributed by atoms with E-state index in [9.17, 15) is 50.8 Å². The highest BCUT2D eigenvalue weighted by atomic mass is 16.7. The number of carbonyl (C=O) groups excluding carboxylic acids is 1. The molecule has 2 heterocycles. The second-order valence-corrected chi connectivity index (χ2v) is 18.9. The molecular formula is C40H68O14. The van der Waals surface area contributed by atoms with Crippen LogP contribution in [-0.2, 0) is 23.7 Å². The van der Waals surface area contributed by atoms with Crippen LogP contribution in [0.15, 0.2) is 0 Å². The molecule has 14 heteroatoms. The largest absolute Gasteiger partial charge is 0.394 e. The second kappa shape index (κ2) is 16.4. The first kappa shape index (κ1) is 42.7. The number of hydrogen-bond donors (Lipinski definition) is 9. The molecule has 0 aromatic rings. The molecule has 0 bridgehead atoms. The fraction of sp³-hybridized carbons (Fsp3) is 0.975. The minimum Gasteiger partial charge on any atom is -0.394 e. The monoisotopic (exact) mass is 772 g/mol. The minimum atomic E-state index is -1.67. The zero-order chi connectivity index (χ0) is 39.6. The van der Waals surface area contributed by atoms with Crippen molar-refractivity contribution in [3.8, 4) is 0 Å². The van der Waals surface area contributed by atoms with Crippen LogP contribution in [0.25, 0.3) is 0 Å². The van der Waals surface area contributed by atoms with Gasteiger partial charge in [-0.05, 0) is 97.2 Å². The number of hydrogen-bond acceptors (Lipinski definition) is 14. The highest BCUT2D eigenvalue weighted by Crippen LogP contribution is 2.68. The summed E-state index contributed by atoms with van der Waals surface area (Å²) in [5, 5.41) is 94.7. The summed E-state index contributed by atoms with van der Waals surface area (Å²) in [6, 6.07) is 0. The molecular weight excluding hydrogens is 704 g/mol. The first-order valence-corrected chi connectivity index (χ1v) is 20.5. The van der Waals surface area contributed by atoms with Gasteiger partial charge in [0.05, 0.1) is 31.5 Å². The van der Waals surface area contributed by atoms with E-state index in [1.54, 1.807) is 0 Å². The van der Waals surface area contributed by atoms with E-state index >= 15 is 0 Å². The van der Waals surface area contributed by atoms with Gasteiger partial charge in [0, 0.05) is 12.3 Å². The average Bonchev–Trinajstić information content (AvgIpc) is 3.50. The lowest BCUT2D eigenvalue weighted by atomic mass is 9.44. The summed E-state index contributed by atoms with van der Waals surface area (Å²) >= 11 is 0. The molecule has 6 aliphatic rings. The van der Waals surface area contributed by atoms with Crippen molar-refractivity contribution in [2.24, 2.45) is 58.2 Å². The van der Waals surface area contributed by atoms with Crippen LogP contribution < -0.4 is 0 Å². The number of ether oxygens (including phenoxy) is 4. The molecule has 312 valence electrons. The fourth-order valence-corrected chi connectivity index (χ4v) is 12.0. The Kier molecular flexibility index (Phi) is 13.0. The van der Waals surface area contributed by atoms with E-state index in [1.165, 1.54) is 0 Å². The molecule has 0 aromatic heterocycles. The van der Waals surface area contributed by atoms with Crippen LogP contribution in [0.3, 0.4) is 0 Å². The third-order valence-electron chi connectivity index (χ3n) is 15.9. The van der Waals surface area contributed by atoms with Crippen molar-refractivity contribution < 1.29 is 69.7 Å². The number of aliphatic hydroxyl groups excluding tert-OH is 9. The minimum absolute atomic E-state index is 0.0137. The summed E-state index contributed by atoms with van der Waals surface area (Å²) < 4.78 is 23.1. The van der Waals surface area contributed by atoms with Crippen LogP contribution in [0, 0.1) is 58.2 Å². The maximum absolute atomic E-state index is 14.2. The van der Waals surface area contributed by atoms with Crippen molar-refractivity contribution in [1.29, 1.82) is 0 Å². The van der Waals surface area contributed by atoms with Crippen LogP contribution in [0.4, 0.5) is 0 Å². The Hall–Kier alpha value is -0.850. The van der Waals surface area contributed by atoms with Gasteiger partial charge in [-0.2, -0.15) is 0 Å². The van der Waals surface area contributed by atoms with Crippen molar-refractivity contribution in [2.75, 3.05) is 13.2 Å². The molecule has 6 fully saturated rings. The molecule has 9 N–H and O–H groups in total. The van der Waals surface area contributed by atoms with Gasteiger partial charge in [-0.3, -0.25) is 4.79 Å². The second-order valence-electron chi connectivity index (χ2n) is 18.9. The molecule has 14 nitrogen and oxygen atoms in total. The zero-order valence-corrected chi connectivity index (χ0v) is 32.8. The zero-order valence-electron chi connectivity index (χ0n) is 32.8. The number of fused-ring (bicyclic) bond motifs is 5. The van der Waals surface area contributed by atoms with Gasteiger partial charge in [-0.1, -0.05) is 41.5 Å². The van der Waals surface area contributed by atoms with Crippen LogP contribution in [0.1, 0.15) is 92.9 Å². The lowest BCUT2D eigenvalue weighted by Crippen LogP contribution is -2.62. The Labute approximate surface area is 319 Å².